The Kier molecular flexibility index (Phi) is 13.0. The molecule has 1 unspecified atom stereocenters. The van der Waals surface area contributed by atoms with E-state index in [2.05, 4.69) is 9.80 Å². The number of rotatable bonds is 9. The smallest absolute Gasteiger partial charge is 0.328 e. The SMILES string of the molecule is CCN1C(=O)N(CC(O)CN2CCN(CCO)CC2)C(c2ccccc2)(c2ccccc2)C1=O.Cl.Cl.O. The third-order valence-electron chi connectivity index (χ3n) is 6.86. The largest absolute Gasteiger partial charge is 0.412 e. The van der Waals surface area contributed by atoms with E-state index in [1.54, 1.807) is 11.8 Å². The number of β-amino-alcohol motifs (C(OH)–C–C–N with tert-alkyl or cyclic N) is 2. The lowest BCUT2D eigenvalue weighted by molar-refractivity contribution is -0.132. The van der Waals surface area contributed by atoms with Crippen LogP contribution in [0.4, 0.5) is 4.79 Å². The highest BCUT2D eigenvalue weighted by atomic mass is 35.5. The Balaban J connectivity index is 0.00000228. The summed E-state index contributed by atoms with van der Waals surface area (Å²) in [5, 5.41) is 20.3. The summed E-state index contributed by atoms with van der Waals surface area (Å²) in [5.74, 6) is -0.290. The molecule has 2 aliphatic rings. The number of benzene rings is 2. The summed E-state index contributed by atoms with van der Waals surface area (Å²) < 4.78 is 0. The van der Waals surface area contributed by atoms with Gasteiger partial charge in [0.15, 0.2) is 5.54 Å². The van der Waals surface area contributed by atoms with Crippen LogP contribution in [0.25, 0.3) is 0 Å². The topological polar surface area (TPSA) is 119 Å². The molecule has 2 aromatic rings. The van der Waals surface area contributed by atoms with Crippen molar-refractivity contribution in [1.29, 1.82) is 0 Å². The first-order valence-electron chi connectivity index (χ1n) is 12.0. The molecule has 11 heteroatoms. The molecular weight excluding hydrogens is 519 g/mol. The quantitative estimate of drug-likeness (QED) is 0.448. The molecule has 2 aromatic carbocycles. The summed E-state index contributed by atoms with van der Waals surface area (Å²) in [6.45, 7) is 6.54. The van der Waals surface area contributed by atoms with Crippen LogP contribution in [0.5, 0.6) is 0 Å². The van der Waals surface area contributed by atoms with Crippen molar-refractivity contribution < 1.29 is 25.3 Å². The minimum absolute atomic E-state index is 0. The van der Waals surface area contributed by atoms with Crippen molar-refractivity contribution >= 4 is 36.8 Å². The van der Waals surface area contributed by atoms with Gasteiger partial charge in [-0.25, -0.2) is 4.79 Å². The van der Waals surface area contributed by atoms with Gasteiger partial charge in [0.2, 0.25) is 0 Å². The van der Waals surface area contributed by atoms with E-state index in [9.17, 15) is 14.7 Å². The molecule has 9 nitrogen and oxygen atoms in total. The molecule has 2 heterocycles. The van der Waals surface area contributed by atoms with Crippen LogP contribution in [0.3, 0.4) is 0 Å². The summed E-state index contributed by atoms with van der Waals surface area (Å²) in [4.78, 5) is 34.6. The maximum absolute atomic E-state index is 13.9. The van der Waals surface area contributed by atoms with E-state index in [-0.39, 0.29) is 61.9 Å². The van der Waals surface area contributed by atoms with Crippen LogP contribution < -0.4 is 0 Å². The van der Waals surface area contributed by atoms with Gasteiger partial charge < -0.3 is 15.7 Å². The zero-order valence-corrected chi connectivity index (χ0v) is 22.7. The highest BCUT2D eigenvalue weighted by molar-refractivity contribution is 6.09. The van der Waals surface area contributed by atoms with Crippen molar-refractivity contribution in [3.05, 3.63) is 71.8 Å². The van der Waals surface area contributed by atoms with Crippen LogP contribution in [0, 0.1) is 0 Å². The van der Waals surface area contributed by atoms with Gasteiger partial charge >= 0.3 is 6.03 Å². The number of halogens is 2. The molecule has 4 rings (SSSR count). The second kappa shape index (κ2) is 14.6. The maximum Gasteiger partial charge on any atom is 0.328 e. The van der Waals surface area contributed by atoms with Gasteiger partial charge in [0.1, 0.15) is 0 Å². The molecule has 0 spiro atoms. The number of hydrogen-bond acceptors (Lipinski definition) is 6. The molecule has 2 fully saturated rings. The molecule has 0 bridgehead atoms. The fraction of sp³-hybridized carbons (Fsp3) is 0.462. The van der Waals surface area contributed by atoms with Crippen molar-refractivity contribution in [2.24, 2.45) is 0 Å². The van der Waals surface area contributed by atoms with Crippen molar-refractivity contribution in [3.63, 3.8) is 0 Å². The predicted molar refractivity (Wildman–Crippen MR) is 147 cm³/mol. The number of likely N-dealkylation sites (N-methyl/N-ethyl adjacent to an activating group) is 1. The fourth-order valence-electron chi connectivity index (χ4n) is 5.17. The van der Waals surface area contributed by atoms with Crippen LogP contribution in [0.2, 0.25) is 0 Å². The van der Waals surface area contributed by atoms with Crippen molar-refractivity contribution in [1.82, 2.24) is 19.6 Å². The number of urea groups is 1. The number of amides is 3. The number of nitrogens with zero attached hydrogens (tertiary/aromatic N) is 4. The Bertz CT molecular complexity index is 938. The van der Waals surface area contributed by atoms with Crippen LogP contribution in [-0.2, 0) is 10.3 Å². The van der Waals surface area contributed by atoms with Gasteiger partial charge in [-0.3, -0.25) is 24.4 Å². The average molecular weight is 558 g/mol. The van der Waals surface area contributed by atoms with E-state index >= 15 is 0 Å². The highest BCUT2D eigenvalue weighted by Gasteiger charge is 2.59. The molecule has 37 heavy (non-hydrogen) atoms. The number of hydrogen-bond donors (Lipinski definition) is 2. The number of carbonyl (C=O) groups is 2. The average Bonchev–Trinajstić information content (AvgIpc) is 3.07. The van der Waals surface area contributed by atoms with E-state index in [0.29, 0.717) is 24.2 Å². The summed E-state index contributed by atoms with van der Waals surface area (Å²) >= 11 is 0. The zero-order valence-electron chi connectivity index (χ0n) is 21.0. The Morgan fingerprint density at radius 2 is 1.32 bits per heavy atom. The van der Waals surface area contributed by atoms with Crippen LogP contribution in [-0.4, -0.2) is 112 Å². The van der Waals surface area contributed by atoms with Crippen LogP contribution in [0.15, 0.2) is 60.7 Å². The first kappa shape index (κ1) is 32.8. The summed E-state index contributed by atoms with van der Waals surface area (Å²) in [6.07, 6.45) is -0.815. The van der Waals surface area contributed by atoms with Crippen LogP contribution in [0.1, 0.15) is 18.1 Å². The van der Waals surface area contributed by atoms with Gasteiger partial charge in [0.05, 0.1) is 19.3 Å². The molecule has 1 atom stereocenters. The second-order valence-electron chi connectivity index (χ2n) is 8.90. The van der Waals surface area contributed by atoms with E-state index in [1.807, 2.05) is 60.7 Å². The second-order valence-corrected chi connectivity index (χ2v) is 8.90. The normalized spacial score (nSPS) is 18.6. The molecule has 0 aromatic heterocycles. The predicted octanol–water partition coefficient (Wildman–Crippen LogP) is 1.20. The van der Waals surface area contributed by atoms with Crippen molar-refractivity contribution in [3.8, 4) is 0 Å². The fourth-order valence-corrected chi connectivity index (χ4v) is 5.17. The summed E-state index contributed by atoms with van der Waals surface area (Å²) in [7, 11) is 0. The monoisotopic (exact) mass is 556 g/mol. The molecular formula is C26H38Cl2N4O5. The minimum atomic E-state index is -1.32. The van der Waals surface area contributed by atoms with Gasteiger partial charge in [0, 0.05) is 45.8 Å². The molecule has 0 saturated carbocycles. The van der Waals surface area contributed by atoms with Crippen LogP contribution >= 0.6 is 24.8 Å². The molecule has 206 valence electrons. The first-order valence-corrected chi connectivity index (χ1v) is 12.0. The molecule has 3 amide bonds. The lowest BCUT2D eigenvalue weighted by Gasteiger charge is -2.39. The lowest BCUT2D eigenvalue weighted by Crippen LogP contribution is -2.54. The number of piperazine rings is 1. The van der Waals surface area contributed by atoms with Crippen molar-refractivity contribution in [2.45, 2.75) is 18.6 Å². The summed E-state index contributed by atoms with van der Waals surface area (Å²) in [5.41, 5.74) is 0.0943. The van der Waals surface area contributed by atoms with Gasteiger partial charge in [-0.2, -0.15) is 0 Å². The van der Waals surface area contributed by atoms with E-state index in [4.69, 9.17) is 5.11 Å². The molecule has 2 saturated heterocycles. The Labute approximate surface area is 230 Å². The van der Waals surface area contributed by atoms with Gasteiger partial charge in [0.25, 0.3) is 5.91 Å². The number of aliphatic hydroxyl groups is 2. The lowest BCUT2D eigenvalue weighted by atomic mass is 9.81. The maximum atomic E-state index is 13.9. The Morgan fingerprint density at radius 1 is 0.838 bits per heavy atom. The van der Waals surface area contributed by atoms with E-state index in [0.717, 1.165) is 26.2 Å². The number of imide groups is 1. The minimum Gasteiger partial charge on any atom is -0.412 e. The molecule has 0 aliphatic carbocycles. The number of carbonyl (C=O) groups excluding carboxylic acids is 2. The molecule has 4 N–H and O–H groups in total. The highest BCUT2D eigenvalue weighted by Crippen LogP contribution is 2.43. The van der Waals surface area contributed by atoms with E-state index in [1.165, 1.54) is 4.90 Å². The number of aliphatic hydroxyl groups excluding tert-OH is 2. The third kappa shape index (κ3) is 6.43. The summed E-state index contributed by atoms with van der Waals surface area (Å²) in [6, 6.07) is 18.3. The molecule has 0 radical (unpaired) electrons. The Morgan fingerprint density at radius 3 is 1.78 bits per heavy atom. The van der Waals surface area contributed by atoms with E-state index < -0.39 is 11.6 Å². The standard InChI is InChI=1S/C26H34N4O4.2ClH.H2O/c1-2-29-24(33)26(21-9-5-3-6-10-21,22-11-7-4-8-12-22)30(25(29)34)20-23(32)19-28-15-13-27(14-16-28)17-18-31;;;/h3-12,23,31-32H,2,13-20H2,1H3;2*1H;1H2. The molecule has 2 aliphatic heterocycles. The Hall–Kier alpha value is -2.24. The van der Waals surface area contributed by atoms with Gasteiger partial charge in [-0.1, -0.05) is 60.7 Å². The van der Waals surface area contributed by atoms with Gasteiger partial charge in [-0.15, -0.1) is 24.8 Å². The first-order chi connectivity index (χ1) is 16.5. The van der Waals surface area contributed by atoms with Gasteiger partial charge in [-0.05, 0) is 18.1 Å². The third-order valence-corrected chi connectivity index (χ3v) is 6.86. The zero-order chi connectivity index (χ0) is 24.1. The van der Waals surface area contributed by atoms with Crippen molar-refractivity contribution in [2.75, 3.05) is 59.0 Å².